The van der Waals surface area contributed by atoms with Crippen LogP contribution in [-0.4, -0.2) is 34.3 Å². The number of nitrogens with zero attached hydrogens (tertiary/aromatic N) is 4. The second-order valence-electron chi connectivity index (χ2n) is 9.42. The van der Waals surface area contributed by atoms with Gasteiger partial charge in [0.2, 0.25) is 0 Å². The molecule has 9 nitrogen and oxygen atoms in total. The van der Waals surface area contributed by atoms with Gasteiger partial charge in [-0.25, -0.2) is 13.9 Å². The number of aromatic nitrogens is 2. The van der Waals surface area contributed by atoms with E-state index in [4.69, 9.17) is 5.73 Å². The summed E-state index contributed by atoms with van der Waals surface area (Å²) in [6.45, 7) is 5.54. The van der Waals surface area contributed by atoms with Gasteiger partial charge in [-0.2, -0.15) is 15.2 Å². The highest BCUT2D eigenvalue weighted by Gasteiger charge is 2.31. The van der Waals surface area contributed by atoms with Gasteiger partial charge in [0.15, 0.2) is 0 Å². The molecule has 1 aromatic heterocycles. The van der Waals surface area contributed by atoms with E-state index in [9.17, 15) is 22.8 Å². The van der Waals surface area contributed by atoms with Gasteiger partial charge in [-0.3, -0.25) is 4.79 Å². The molecule has 3 amide bonds. The number of anilines is 2. The van der Waals surface area contributed by atoms with Crippen LogP contribution in [-0.2, 0) is 0 Å². The minimum Gasteiger partial charge on any atom is -0.406 e. The number of primary amides is 1. The first-order valence-corrected chi connectivity index (χ1v) is 12.6. The lowest BCUT2D eigenvalue weighted by atomic mass is 10.0. The number of halogens is 4. The monoisotopic (exact) mass is 582 g/mol. The number of alkyl halides is 3. The number of hydrazone groups is 1. The van der Waals surface area contributed by atoms with E-state index in [0.717, 1.165) is 22.7 Å². The van der Waals surface area contributed by atoms with Gasteiger partial charge in [0.1, 0.15) is 17.3 Å². The van der Waals surface area contributed by atoms with Crippen LogP contribution in [0.2, 0.25) is 0 Å². The number of nitrogens with one attached hydrogen (secondary N) is 1. The maximum absolute atomic E-state index is 15.1. The van der Waals surface area contributed by atoms with Crippen molar-refractivity contribution in [3.8, 4) is 11.4 Å². The summed E-state index contributed by atoms with van der Waals surface area (Å²) in [6.07, 6.45) is -2.14. The Hall–Kier alpha value is -5.20. The molecule has 0 saturated carbocycles. The molecular weight excluding hydrogens is 556 g/mol. The number of carbonyl (C=O) groups is 2. The number of hydrogen-bond acceptors (Lipinski definition) is 5. The highest BCUT2D eigenvalue weighted by molar-refractivity contribution is 6.04. The van der Waals surface area contributed by atoms with E-state index in [0.29, 0.717) is 16.9 Å². The predicted molar refractivity (Wildman–Crippen MR) is 150 cm³/mol. The van der Waals surface area contributed by atoms with Crippen molar-refractivity contribution in [2.24, 2.45) is 10.8 Å². The molecule has 3 N–H and O–H groups in total. The topological polar surface area (TPSA) is 115 Å². The summed E-state index contributed by atoms with van der Waals surface area (Å²) in [7, 11) is 0. The second kappa shape index (κ2) is 12.1. The maximum Gasteiger partial charge on any atom is 0.573 e. The highest BCUT2D eigenvalue weighted by atomic mass is 19.4. The molecule has 218 valence electrons. The average molecular weight is 583 g/mol. The van der Waals surface area contributed by atoms with Crippen molar-refractivity contribution in [2.45, 2.75) is 33.1 Å². The molecule has 0 aliphatic heterocycles. The van der Waals surface area contributed by atoms with Gasteiger partial charge in [-0.15, -0.1) is 13.2 Å². The van der Waals surface area contributed by atoms with Crippen molar-refractivity contribution in [1.29, 1.82) is 0 Å². The Balaban J connectivity index is 1.50. The van der Waals surface area contributed by atoms with Gasteiger partial charge in [-0.05, 0) is 66.4 Å². The second-order valence-corrected chi connectivity index (χ2v) is 9.42. The van der Waals surface area contributed by atoms with Gasteiger partial charge >= 0.3 is 12.4 Å². The first-order valence-electron chi connectivity index (χ1n) is 12.6. The largest absolute Gasteiger partial charge is 0.573 e. The van der Waals surface area contributed by atoms with Crippen LogP contribution in [0.25, 0.3) is 5.69 Å². The van der Waals surface area contributed by atoms with E-state index in [2.05, 4.69) is 20.3 Å². The van der Waals surface area contributed by atoms with Crippen molar-refractivity contribution in [2.75, 3.05) is 10.3 Å². The van der Waals surface area contributed by atoms with Crippen LogP contribution in [0.1, 0.15) is 46.9 Å². The van der Waals surface area contributed by atoms with E-state index >= 15 is 4.39 Å². The first-order chi connectivity index (χ1) is 19.8. The van der Waals surface area contributed by atoms with Crippen LogP contribution in [0.15, 0.2) is 78.0 Å². The molecule has 0 unspecified atom stereocenters. The molecule has 1 heterocycles. The molecule has 4 aromatic rings. The van der Waals surface area contributed by atoms with E-state index in [1.54, 1.807) is 25.1 Å². The van der Waals surface area contributed by atoms with E-state index in [1.807, 2.05) is 26.0 Å². The number of para-hydroxylation sites is 1. The van der Waals surface area contributed by atoms with Gasteiger partial charge < -0.3 is 15.8 Å². The Morgan fingerprint density at radius 2 is 1.79 bits per heavy atom. The van der Waals surface area contributed by atoms with Crippen LogP contribution >= 0.6 is 0 Å². The number of urea groups is 1. The van der Waals surface area contributed by atoms with E-state index in [-0.39, 0.29) is 22.9 Å². The molecule has 0 spiro atoms. The Morgan fingerprint density at radius 1 is 1.10 bits per heavy atom. The quantitative estimate of drug-likeness (QED) is 0.140. The van der Waals surface area contributed by atoms with Crippen molar-refractivity contribution >= 4 is 29.5 Å². The lowest BCUT2D eigenvalue weighted by Gasteiger charge is -2.20. The Labute approximate surface area is 238 Å². The molecule has 0 bridgehead atoms. The summed E-state index contributed by atoms with van der Waals surface area (Å²) in [5.74, 6) is -1.63. The molecule has 13 heteroatoms. The van der Waals surface area contributed by atoms with Crippen LogP contribution < -0.4 is 20.8 Å². The number of hydrogen-bond donors (Lipinski definition) is 2. The molecular formula is C29H26F4N6O3. The minimum absolute atomic E-state index is 0.0707. The van der Waals surface area contributed by atoms with Crippen molar-refractivity contribution in [1.82, 2.24) is 9.78 Å². The van der Waals surface area contributed by atoms with Gasteiger partial charge in [0, 0.05) is 5.56 Å². The fourth-order valence-corrected chi connectivity index (χ4v) is 4.03. The SMILES string of the molecule is Cc1nn(-c2ccc(/C=N/N(C(N)=O)c3ccccc3C(C)C)cc2F)cc1NC(=O)c1ccc(OC(F)(F)F)cc1. The normalized spacial score (nSPS) is 11.6. The highest BCUT2D eigenvalue weighted by Crippen LogP contribution is 2.28. The molecule has 0 aliphatic carbocycles. The number of rotatable bonds is 8. The molecule has 0 atom stereocenters. The summed E-state index contributed by atoms with van der Waals surface area (Å²) < 4.78 is 57.3. The van der Waals surface area contributed by atoms with Crippen molar-refractivity contribution < 1.29 is 31.9 Å². The van der Waals surface area contributed by atoms with Crippen molar-refractivity contribution in [3.63, 3.8) is 0 Å². The number of nitrogens with two attached hydrogens (primary N) is 1. The first kappa shape index (κ1) is 29.8. The molecule has 0 saturated heterocycles. The van der Waals surface area contributed by atoms with Crippen LogP contribution in [0, 0.1) is 12.7 Å². The zero-order chi connectivity index (χ0) is 30.6. The third-order valence-electron chi connectivity index (χ3n) is 6.03. The molecule has 4 rings (SSSR count). The third kappa shape index (κ3) is 7.11. The van der Waals surface area contributed by atoms with Crippen LogP contribution in [0.5, 0.6) is 5.75 Å². The molecule has 3 aromatic carbocycles. The summed E-state index contributed by atoms with van der Waals surface area (Å²) in [6, 6.07) is 15.0. The van der Waals surface area contributed by atoms with E-state index < -0.39 is 29.9 Å². The Kier molecular flexibility index (Phi) is 8.59. The van der Waals surface area contributed by atoms with Crippen LogP contribution in [0.3, 0.4) is 0 Å². The lowest BCUT2D eigenvalue weighted by molar-refractivity contribution is -0.274. The molecule has 0 aliphatic rings. The zero-order valence-electron chi connectivity index (χ0n) is 22.7. The molecule has 42 heavy (non-hydrogen) atoms. The number of benzene rings is 3. The fraction of sp³-hybridized carbons (Fsp3) is 0.172. The average Bonchev–Trinajstić information content (AvgIpc) is 3.27. The van der Waals surface area contributed by atoms with Crippen LogP contribution in [0.4, 0.5) is 33.7 Å². The number of ether oxygens (including phenoxy) is 1. The summed E-state index contributed by atoms with van der Waals surface area (Å²) in [5.41, 5.74) is 8.06. The number of aryl methyl sites for hydroxylation is 1. The summed E-state index contributed by atoms with van der Waals surface area (Å²) in [4.78, 5) is 24.8. The number of carbonyl (C=O) groups excluding carboxylic acids is 2. The fourth-order valence-electron chi connectivity index (χ4n) is 4.03. The van der Waals surface area contributed by atoms with Crippen molar-refractivity contribution in [3.05, 3.63) is 101 Å². The van der Waals surface area contributed by atoms with Gasteiger partial charge in [-0.1, -0.05) is 38.1 Å². The third-order valence-corrected chi connectivity index (χ3v) is 6.03. The Morgan fingerprint density at radius 3 is 2.40 bits per heavy atom. The predicted octanol–water partition coefficient (Wildman–Crippen LogP) is 6.51. The lowest BCUT2D eigenvalue weighted by Crippen LogP contribution is -2.32. The smallest absolute Gasteiger partial charge is 0.406 e. The maximum atomic E-state index is 15.1. The standard InChI is InChI=1S/C29H26F4N6O3/c1-17(2)22-6-4-5-7-25(22)39(28(34)41)35-15-19-8-13-26(23(30)14-19)38-16-24(18(3)37-38)36-27(40)20-9-11-21(12-10-20)42-29(31,32)33/h4-17H,1-3H3,(H2,34,41)(H,36,40)/b35-15+. The molecule has 0 radical (unpaired) electrons. The summed E-state index contributed by atoms with van der Waals surface area (Å²) in [5, 5.41) is 12.1. The molecule has 0 fully saturated rings. The van der Waals surface area contributed by atoms with E-state index in [1.165, 1.54) is 41.4 Å². The zero-order valence-corrected chi connectivity index (χ0v) is 22.7. The summed E-state index contributed by atoms with van der Waals surface area (Å²) >= 11 is 0. The van der Waals surface area contributed by atoms with Gasteiger partial charge in [0.05, 0.1) is 29.5 Å². The number of amides is 3. The van der Waals surface area contributed by atoms with Gasteiger partial charge in [0.25, 0.3) is 5.91 Å². The minimum atomic E-state index is -4.85. The Bertz CT molecular complexity index is 1630.